The first-order chi connectivity index (χ1) is 16.2. The second kappa shape index (κ2) is 6.96. The van der Waals surface area contributed by atoms with E-state index in [4.69, 9.17) is 15.5 Å². The molecule has 176 valence electrons. The Morgan fingerprint density at radius 3 is 2.76 bits per heavy atom. The van der Waals surface area contributed by atoms with Gasteiger partial charge in [0.05, 0.1) is 29.0 Å². The highest BCUT2D eigenvalue weighted by atomic mass is 19.1. The molecule has 3 N–H and O–H groups in total. The summed E-state index contributed by atoms with van der Waals surface area (Å²) < 4.78 is 21.9. The zero-order chi connectivity index (χ0) is 24.1. The van der Waals surface area contributed by atoms with Crippen molar-refractivity contribution in [3.8, 4) is 11.4 Å². The normalized spacial score (nSPS) is 22.6. The van der Waals surface area contributed by atoms with E-state index in [0.29, 0.717) is 35.3 Å². The average molecular weight is 464 g/mol. The van der Waals surface area contributed by atoms with Crippen LogP contribution in [0, 0.1) is 5.82 Å². The number of nitrogens with two attached hydrogens (primary N) is 1. The molecule has 4 heterocycles. The number of hydrogen-bond donors (Lipinski definition) is 2. The number of rotatable bonds is 2. The van der Waals surface area contributed by atoms with Gasteiger partial charge in [-0.05, 0) is 47.9 Å². The Bertz CT molecular complexity index is 1490. The fourth-order valence-electron chi connectivity index (χ4n) is 6.08. The predicted octanol–water partition coefficient (Wildman–Crippen LogP) is 3.29. The number of aromatic nitrogens is 2. The molecule has 0 radical (unpaired) electrons. The van der Waals surface area contributed by atoms with Crippen molar-refractivity contribution in [3.05, 3.63) is 61.7 Å². The minimum Gasteiger partial charge on any atom is -0.458 e. The number of carbonyl (C=O) groups is 1. The molecule has 7 nitrogen and oxygen atoms in total. The van der Waals surface area contributed by atoms with Crippen LogP contribution in [0.4, 0.5) is 4.39 Å². The topological polar surface area (TPSA) is 107 Å². The lowest BCUT2D eigenvalue weighted by molar-refractivity contribution is -0.172. The monoisotopic (exact) mass is 463 g/mol. The maximum Gasteiger partial charge on any atom is 0.343 e. The molecule has 2 atom stereocenters. The van der Waals surface area contributed by atoms with Crippen LogP contribution in [0.2, 0.25) is 0 Å². The summed E-state index contributed by atoms with van der Waals surface area (Å²) >= 11 is 0. The van der Waals surface area contributed by atoms with Crippen molar-refractivity contribution in [2.45, 2.75) is 70.7 Å². The van der Waals surface area contributed by atoms with E-state index < -0.39 is 11.6 Å². The fourth-order valence-corrected chi connectivity index (χ4v) is 6.08. The molecule has 0 bridgehead atoms. The van der Waals surface area contributed by atoms with Crippen LogP contribution in [0.15, 0.2) is 16.9 Å². The summed E-state index contributed by atoms with van der Waals surface area (Å²) in [4.78, 5) is 30.7. The predicted molar refractivity (Wildman–Crippen MR) is 124 cm³/mol. The van der Waals surface area contributed by atoms with Crippen molar-refractivity contribution in [3.63, 3.8) is 0 Å². The van der Waals surface area contributed by atoms with Crippen molar-refractivity contribution in [2.75, 3.05) is 0 Å². The lowest BCUT2D eigenvalue weighted by Gasteiger charge is -2.31. The molecule has 1 aliphatic carbocycles. The van der Waals surface area contributed by atoms with Gasteiger partial charge in [0.15, 0.2) is 5.60 Å². The molecule has 0 fully saturated rings. The summed E-state index contributed by atoms with van der Waals surface area (Å²) in [7, 11) is 0. The van der Waals surface area contributed by atoms with Gasteiger partial charge >= 0.3 is 5.97 Å². The van der Waals surface area contributed by atoms with Gasteiger partial charge in [-0.1, -0.05) is 20.8 Å². The number of carbonyl (C=O) groups excluding carboxylic acids is 1. The Hall–Kier alpha value is -3.10. The lowest BCUT2D eigenvalue weighted by atomic mass is 9.80. The standard InChI is InChI=1S/C26H26FN3O4/c1-4-26(33)15-7-19-23-13(9-30(19)24(31)14(15)10-34-25(26)32)21-17(28)6-5-12-20(11(2)3)16(27)8-18(29-23)22(12)21/h7-8,11,17,33H,4-6,9-10,28H2,1-3H3/t17-,26+/m1/s1. The summed E-state index contributed by atoms with van der Waals surface area (Å²) in [5.74, 6) is -1.03. The van der Waals surface area contributed by atoms with Crippen molar-refractivity contribution in [1.29, 1.82) is 0 Å². The minimum atomic E-state index is -1.89. The number of fused-ring (bicyclic) bond motifs is 5. The van der Waals surface area contributed by atoms with Crippen molar-refractivity contribution < 1.29 is 19.0 Å². The maximum absolute atomic E-state index is 15.2. The molecule has 8 heteroatoms. The van der Waals surface area contributed by atoms with Crippen LogP contribution in [0.1, 0.15) is 79.0 Å². The molecule has 0 unspecified atom stereocenters. The van der Waals surface area contributed by atoms with Gasteiger partial charge in [-0.25, -0.2) is 14.2 Å². The molecule has 2 aromatic heterocycles. The molecule has 2 aliphatic heterocycles. The number of cyclic esters (lactones) is 1. The molecular weight excluding hydrogens is 437 g/mol. The summed E-state index contributed by atoms with van der Waals surface area (Å²) in [5.41, 5.74) is 9.95. The van der Waals surface area contributed by atoms with Gasteiger partial charge in [-0.3, -0.25) is 4.79 Å². The number of aryl methyl sites for hydroxylation is 1. The second-order valence-corrected chi connectivity index (χ2v) is 9.90. The van der Waals surface area contributed by atoms with Crippen molar-refractivity contribution >= 4 is 16.9 Å². The Morgan fingerprint density at radius 1 is 1.29 bits per heavy atom. The maximum atomic E-state index is 15.2. The molecule has 0 spiro atoms. The van der Waals surface area contributed by atoms with Gasteiger partial charge in [0.25, 0.3) is 5.56 Å². The van der Waals surface area contributed by atoms with E-state index in [2.05, 4.69) is 0 Å². The third kappa shape index (κ3) is 2.55. The van der Waals surface area contributed by atoms with Gasteiger partial charge in [0, 0.05) is 28.6 Å². The number of esters is 1. The van der Waals surface area contributed by atoms with E-state index in [0.717, 1.165) is 22.1 Å². The van der Waals surface area contributed by atoms with E-state index in [-0.39, 0.29) is 54.0 Å². The van der Waals surface area contributed by atoms with Crippen LogP contribution in [-0.2, 0) is 34.7 Å². The van der Waals surface area contributed by atoms with Crippen LogP contribution < -0.4 is 11.3 Å². The largest absolute Gasteiger partial charge is 0.458 e. The first-order valence-electron chi connectivity index (χ1n) is 11.8. The highest BCUT2D eigenvalue weighted by Gasteiger charge is 2.45. The number of pyridine rings is 2. The van der Waals surface area contributed by atoms with E-state index in [1.165, 1.54) is 6.07 Å². The van der Waals surface area contributed by atoms with Gasteiger partial charge in [-0.15, -0.1) is 0 Å². The van der Waals surface area contributed by atoms with E-state index >= 15 is 4.39 Å². The van der Waals surface area contributed by atoms with Crippen LogP contribution >= 0.6 is 0 Å². The number of hydrogen-bond acceptors (Lipinski definition) is 6. The molecule has 1 aromatic carbocycles. The third-order valence-corrected chi connectivity index (χ3v) is 7.77. The van der Waals surface area contributed by atoms with Crippen molar-refractivity contribution in [2.24, 2.45) is 5.73 Å². The van der Waals surface area contributed by atoms with E-state index in [1.54, 1.807) is 17.6 Å². The van der Waals surface area contributed by atoms with Gasteiger partial charge in [-0.2, -0.15) is 0 Å². The first-order valence-corrected chi connectivity index (χ1v) is 11.8. The summed E-state index contributed by atoms with van der Waals surface area (Å²) in [6.07, 6.45) is 1.43. The fraction of sp³-hybridized carbons (Fsp3) is 0.423. The van der Waals surface area contributed by atoms with Gasteiger partial charge in [0.2, 0.25) is 0 Å². The van der Waals surface area contributed by atoms with Gasteiger partial charge in [0.1, 0.15) is 12.4 Å². The number of halogens is 1. The molecular formula is C26H26FN3O4. The van der Waals surface area contributed by atoms with Crippen LogP contribution in [0.25, 0.3) is 22.3 Å². The van der Waals surface area contributed by atoms with E-state index in [1.807, 2.05) is 13.8 Å². The number of aliphatic hydroxyl groups is 1. The second-order valence-electron chi connectivity index (χ2n) is 9.90. The quantitative estimate of drug-likeness (QED) is 0.442. The smallest absolute Gasteiger partial charge is 0.343 e. The number of benzene rings is 1. The first kappa shape index (κ1) is 21.4. The molecule has 3 aliphatic rings. The summed E-state index contributed by atoms with van der Waals surface area (Å²) in [5, 5.41) is 12.0. The minimum absolute atomic E-state index is 0.0191. The Labute approximate surface area is 195 Å². The summed E-state index contributed by atoms with van der Waals surface area (Å²) in [6, 6.07) is 2.88. The third-order valence-electron chi connectivity index (χ3n) is 7.77. The highest BCUT2D eigenvalue weighted by Crippen LogP contribution is 2.46. The number of ether oxygens (including phenoxy) is 1. The Morgan fingerprint density at radius 2 is 2.06 bits per heavy atom. The SMILES string of the molecule is CC[C@@]1(O)C(=O)OCc2c1cc1n(c2=O)Cc2c-1nc1cc(F)c(C(C)C)c3c1c2[C@H](N)CC3. The highest BCUT2D eigenvalue weighted by molar-refractivity contribution is 5.93. The zero-order valence-corrected chi connectivity index (χ0v) is 19.4. The van der Waals surface area contributed by atoms with Crippen molar-refractivity contribution in [1.82, 2.24) is 9.55 Å². The summed E-state index contributed by atoms with van der Waals surface area (Å²) in [6.45, 7) is 5.73. The van der Waals surface area contributed by atoms with E-state index in [9.17, 15) is 14.7 Å². The molecule has 34 heavy (non-hydrogen) atoms. The van der Waals surface area contributed by atoms with Crippen LogP contribution in [-0.4, -0.2) is 20.6 Å². The van der Waals surface area contributed by atoms with Crippen LogP contribution in [0.3, 0.4) is 0 Å². The Kier molecular flexibility index (Phi) is 4.39. The Balaban J connectivity index is 1.69. The molecule has 3 aromatic rings. The van der Waals surface area contributed by atoms with Crippen LogP contribution in [0.5, 0.6) is 0 Å². The van der Waals surface area contributed by atoms with Gasteiger partial charge < -0.3 is 20.1 Å². The average Bonchev–Trinajstić information content (AvgIpc) is 3.16. The lowest BCUT2D eigenvalue weighted by Crippen LogP contribution is -2.44. The number of nitrogens with zero attached hydrogens (tertiary/aromatic N) is 2. The molecule has 6 rings (SSSR count). The molecule has 0 saturated heterocycles. The molecule has 0 saturated carbocycles. The molecule has 0 amide bonds. The zero-order valence-electron chi connectivity index (χ0n) is 19.4.